The molecule has 0 atom stereocenters. The number of nitrogens with zero attached hydrogens (tertiary/aromatic N) is 1. The lowest BCUT2D eigenvalue weighted by atomic mass is 10.2. The van der Waals surface area contributed by atoms with E-state index in [1.807, 2.05) is 0 Å². The van der Waals surface area contributed by atoms with Crippen molar-refractivity contribution >= 4 is 16.6 Å². The molecule has 1 aromatic carbocycles. The minimum Gasteiger partial charge on any atom is -0.495 e. The van der Waals surface area contributed by atoms with Crippen LogP contribution in [0.3, 0.4) is 0 Å². The first-order chi connectivity index (χ1) is 6.77. The number of benzene rings is 1. The Bertz CT molecular complexity index is 490. The lowest BCUT2D eigenvalue weighted by Crippen LogP contribution is -1.82. The molecule has 14 heavy (non-hydrogen) atoms. The van der Waals surface area contributed by atoms with E-state index in [1.54, 1.807) is 25.3 Å². The van der Waals surface area contributed by atoms with Gasteiger partial charge in [-0.3, -0.25) is 0 Å². The topological polar surface area (TPSA) is 81.5 Å². The number of hydrogen-bond acceptors (Lipinski definition) is 4. The average Bonchev–Trinajstić information content (AvgIpc) is 2.52. The summed E-state index contributed by atoms with van der Waals surface area (Å²) in [6.45, 7) is 0. The van der Waals surface area contributed by atoms with Gasteiger partial charge in [-0.15, -0.1) is 0 Å². The highest BCUT2D eigenvalue weighted by atomic mass is 16.5. The fourth-order valence-corrected chi connectivity index (χ4v) is 1.45. The van der Waals surface area contributed by atoms with E-state index in [-0.39, 0.29) is 11.6 Å². The van der Waals surface area contributed by atoms with Gasteiger partial charge in [-0.1, -0.05) is 12.1 Å². The molecule has 5 heteroatoms. The molecule has 1 heterocycles. The number of ether oxygens (including phenoxy) is 1. The van der Waals surface area contributed by atoms with Crippen molar-refractivity contribution in [3.05, 3.63) is 18.2 Å². The summed E-state index contributed by atoms with van der Waals surface area (Å²) in [5.74, 6) is 0.507. The van der Waals surface area contributed by atoms with Gasteiger partial charge >= 0.3 is 0 Å². The van der Waals surface area contributed by atoms with E-state index in [2.05, 4.69) is 10.1 Å². The summed E-state index contributed by atoms with van der Waals surface area (Å²) in [6.07, 6.45) is 0. The summed E-state index contributed by atoms with van der Waals surface area (Å²) >= 11 is 0. The van der Waals surface area contributed by atoms with Crippen LogP contribution in [0.25, 0.3) is 10.9 Å². The Morgan fingerprint density at radius 2 is 2.29 bits per heavy atom. The predicted octanol–water partition coefficient (Wildman–Crippen LogP) is 2.54. The quantitative estimate of drug-likeness (QED) is 0.637. The van der Waals surface area contributed by atoms with Gasteiger partial charge in [-0.25, -0.2) is 5.53 Å². The molecule has 2 aromatic rings. The van der Waals surface area contributed by atoms with Crippen molar-refractivity contribution in [2.45, 2.75) is 0 Å². The van der Waals surface area contributed by atoms with E-state index >= 15 is 0 Å². The van der Waals surface area contributed by atoms with Crippen LogP contribution in [-0.2, 0) is 0 Å². The monoisotopic (exact) mass is 191 g/mol. The van der Waals surface area contributed by atoms with Gasteiger partial charge in [0.15, 0.2) is 5.69 Å². The van der Waals surface area contributed by atoms with Gasteiger partial charge in [-0.05, 0) is 6.07 Å². The summed E-state index contributed by atoms with van der Waals surface area (Å²) in [5.41, 5.74) is 7.80. The van der Waals surface area contributed by atoms with Crippen LogP contribution in [0.15, 0.2) is 23.3 Å². The van der Waals surface area contributed by atoms with E-state index < -0.39 is 0 Å². The van der Waals surface area contributed by atoms with Gasteiger partial charge in [0.05, 0.1) is 12.6 Å². The molecule has 0 saturated heterocycles. The molecule has 0 aliphatic heterocycles. The van der Waals surface area contributed by atoms with Crippen LogP contribution < -0.4 is 4.74 Å². The third-order valence-electron chi connectivity index (χ3n) is 2.08. The Morgan fingerprint density at radius 3 is 2.93 bits per heavy atom. The van der Waals surface area contributed by atoms with Crippen LogP contribution in [0.1, 0.15) is 0 Å². The zero-order chi connectivity index (χ0) is 10.1. The van der Waals surface area contributed by atoms with Crippen molar-refractivity contribution in [2.24, 2.45) is 5.11 Å². The first-order valence-electron chi connectivity index (χ1n) is 4.03. The van der Waals surface area contributed by atoms with E-state index in [0.717, 1.165) is 0 Å². The maximum atomic E-state index is 9.43. The maximum absolute atomic E-state index is 9.43. The number of methoxy groups -OCH3 is 1. The second-order valence-electron chi connectivity index (χ2n) is 2.82. The molecule has 2 rings (SSSR count). The Labute approximate surface area is 79.8 Å². The molecule has 0 bridgehead atoms. The van der Waals surface area contributed by atoms with Crippen molar-refractivity contribution in [1.82, 2.24) is 4.98 Å². The van der Waals surface area contributed by atoms with Crippen LogP contribution in [0.2, 0.25) is 0 Å². The minimum atomic E-state index is -0.112. The lowest BCUT2D eigenvalue weighted by molar-refractivity contribution is 0.417. The molecule has 0 radical (unpaired) electrons. The molecule has 0 aliphatic carbocycles. The summed E-state index contributed by atoms with van der Waals surface area (Å²) in [6, 6.07) is 5.32. The SMILES string of the molecule is COc1cccc2c(N=N)c(O)[nH]c12. The zero-order valence-corrected chi connectivity index (χ0v) is 7.53. The smallest absolute Gasteiger partial charge is 0.218 e. The van der Waals surface area contributed by atoms with E-state index in [4.69, 9.17) is 10.3 Å². The zero-order valence-electron chi connectivity index (χ0n) is 7.53. The molecule has 0 unspecified atom stereocenters. The van der Waals surface area contributed by atoms with Gasteiger partial charge in [0.1, 0.15) is 5.75 Å². The van der Waals surface area contributed by atoms with Crippen LogP contribution in [0.5, 0.6) is 11.6 Å². The number of nitrogens with one attached hydrogen (secondary N) is 2. The highest BCUT2D eigenvalue weighted by molar-refractivity contribution is 5.97. The van der Waals surface area contributed by atoms with E-state index in [1.165, 1.54) is 0 Å². The molecule has 1 aromatic heterocycles. The fourth-order valence-electron chi connectivity index (χ4n) is 1.45. The Hall–Kier alpha value is -2.04. The number of aromatic nitrogens is 1. The summed E-state index contributed by atoms with van der Waals surface area (Å²) < 4.78 is 5.10. The molecule has 0 spiro atoms. The predicted molar refractivity (Wildman–Crippen MR) is 51.3 cm³/mol. The van der Waals surface area contributed by atoms with Crippen molar-refractivity contribution in [3.8, 4) is 11.6 Å². The largest absolute Gasteiger partial charge is 0.495 e. The van der Waals surface area contributed by atoms with Crippen molar-refractivity contribution in [2.75, 3.05) is 7.11 Å². The van der Waals surface area contributed by atoms with Crippen LogP contribution in [0.4, 0.5) is 5.69 Å². The number of fused-ring (bicyclic) bond motifs is 1. The summed E-state index contributed by atoms with van der Waals surface area (Å²) in [4.78, 5) is 2.71. The van der Waals surface area contributed by atoms with Gasteiger partial charge in [-0.2, -0.15) is 5.11 Å². The second kappa shape index (κ2) is 3.02. The Balaban J connectivity index is 2.85. The molecular formula is C9H9N3O2. The van der Waals surface area contributed by atoms with Gasteiger partial charge in [0.25, 0.3) is 0 Å². The molecular weight excluding hydrogens is 182 g/mol. The number of H-pyrrole nitrogens is 1. The first-order valence-corrected chi connectivity index (χ1v) is 4.03. The van der Waals surface area contributed by atoms with Crippen molar-refractivity contribution in [3.63, 3.8) is 0 Å². The number of aromatic hydroxyl groups is 1. The summed E-state index contributed by atoms with van der Waals surface area (Å²) in [5, 5.41) is 13.4. The Kier molecular flexibility index (Phi) is 1.85. The molecule has 72 valence electrons. The van der Waals surface area contributed by atoms with Gasteiger partial charge < -0.3 is 14.8 Å². The Morgan fingerprint density at radius 1 is 1.50 bits per heavy atom. The molecule has 5 nitrogen and oxygen atoms in total. The van der Waals surface area contributed by atoms with Crippen LogP contribution in [0, 0.1) is 5.53 Å². The van der Waals surface area contributed by atoms with Gasteiger partial charge in [0.2, 0.25) is 5.88 Å². The summed E-state index contributed by atoms with van der Waals surface area (Å²) in [7, 11) is 1.55. The van der Waals surface area contributed by atoms with E-state index in [0.29, 0.717) is 16.7 Å². The molecule has 0 aliphatic rings. The average molecular weight is 191 g/mol. The maximum Gasteiger partial charge on any atom is 0.218 e. The third kappa shape index (κ3) is 1.02. The second-order valence-corrected chi connectivity index (χ2v) is 2.82. The van der Waals surface area contributed by atoms with E-state index in [9.17, 15) is 5.11 Å². The molecule has 0 fully saturated rings. The van der Waals surface area contributed by atoms with Crippen LogP contribution in [-0.4, -0.2) is 17.2 Å². The number of aromatic amines is 1. The number of rotatable bonds is 2. The molecule has 3 N–H and O–H groups in total. The number of para-hydroxylation sites is 1. The highest BCUT2D eigenvalue weighted by Gasteiger charge is 2.12. The van der Waals surface area contributed by atoms with Crippen molar-refractivity contribution < 1.29 is 9.84 Å². The molecule has 0 amide bonds. The van der Waals surface area contributed by atoms with Gasteiger partial charge in [0, 0.05) is 5.39 Å². The third-order valence-corrected chi connectivity index (χ3v) is 2.08. The van der Waals surface area contributed by atoms with Crippen molar-refractivity contribution in [1.29, 1.82) is 5.53 Å². The standard InChI is InChI=1S/C9H9N3O2/c1-14-6-4-2-3-5-7(6)11-9(13)8(5)12-10/h2-4,10-11,13H,1H3. The lowest BCUT2D eigenvalue weighted by Gasteiger charge is -1.99. The van der Waals surface area contributed by atoms with Crippen LogP contribution >= 0.6 is 0 Å². The first kappa shape index (κ1) is 8.55. The molecule has 0 saturated carbocycles. The number of hydrogen-bond donors (Lipinski definition) is 3. The highest BCUT2D eigenvalue weighted by Crippen LogP contribution is 2.38. The minimum absolute atomic E-state index is 0.112. The normalized spacial score (nSPS) is 10.4. The fraction of sp³-hybridized carbons (Fsp3) is 0.111.